The van der Waals surface area contributed by atoms with Crippen LogP contribution in [0.5, 0.6) is 5.75 Å². The van der Waals surface area contributed by atoms with Gasteiger partial charge in [-0.1, -0.05) is 0 Å². The molecular weight excluding hydrogens is 150 g/mol. The van der Waals surface area contributed by atoms with Crippen LogP contribution in [0.2, 0.25) is 0 Å². The lowest BCUT2D eigenvalue weighted by Crippen LogP contribution is -1.98. The topological polar surface area (TPSA) is 22.1 Å². The van der Waals surface area contributed by atoms with Gasteiger partial charge in [0.15, 0.2) is 0 Å². The SMILES string of the molecule is C#CCCOc1cccnc1C. The minimum Gasteiger partial charge on any atom is -0.491 e. The zero-order valence-corrected chi connectivity index (χ0v) is 7.08. The van der Waals surface area contributed by atoms with Crippen LogP contribution in [0.25, 0.3) is 0 Å². The summed E-state index contributed by atoms with van der Waals surface area (Å²) in [4.78, 5) is 4.08. The van der Waals surface area contributed by atoms with E-state index in [1.54, 1.807) is 6.20 Å². The Balaban J connectivity index is 2.53. The molecule has 1 rings (SSSR count). The van der Waals surface area contributed by atoms with Crippen LogP contribution in [0, 0.1) is 19.3 Å². The molecule has 0 atom stereocenters. The summed E-state index contributed by atoms with van der Waals surface area (Å²) in [5.41, 5.74) is 0.898. The fraction of sp³-hybridized carbons (Fsp3) is 0.300. The molecule has 1 aromatic heterocycles. The van der Waals surface area contributed by atoms with Gasteiger partial charge in [0.2, 0.25) is 0 Å². The van der Waals surface area contributed by atoms with Crippen molar-refractivity contribution in [3.8, 4) is 18.1 Å². The number of aromatic nitrogens is 1. The van der Waals surface area contributed by atoms with Gasteiger partial charge in [-0.25, -0.2) is 0 Å². The quantitative estimate of drug-likeness (QED) is 0.498. The molecule has 0 amide bonds. The molecular formula is C10H11NO. The van der Waals surface area contributed by atoms with E-state index >= 15 is 0 Å². The summed E-state index contributed by atoms with van der Waals surface area (Å²) in [6.07, 6.45) is 7.46. The van der Waals surface area contributed by atoms with Gasteiger partial charge in [0.1, 0.15) is 5.75 Å². The Bertz CT molecular complexity index is 288. The molecule has 62 valence electrons. The van der Waals surface area contributed by atoms with Crippen LogP contribution in [0.1, 0.15) is 12.1 Å². The minimum atomic E-state index is 0.559. The second kappa shape index (κ2) is 4.40. The van der Waals surface area contributed by atoms with Gasteiger partial charge in [-0.3, -0.25) is 4.98 Å². The van der Waals surface area contributed by atoms with E-state index in [1.807, 2.05) is 19.1 Å². The van der Waals surface area contributed by atoms with Crippen LogP contribution >= 0.6 is 0 Å². The van der Waals surface area contributed by atoms with Crippen molar-refractivity contribution in [1.29, 1.82) is 0 Å². The highest BCUT2D eigenvalue weighted by Crippen LogP contribution is 2.13. The number of pyridine rings is 1. The van der Waals surface area contributed by atoms with Crippen molar-refractivity contribution >= 4 is 0 Å². The van der Waals surface area contributed by atoms with Gasteiger partial charge >= 0.3 is 0 Å². The number of rotatable bonds is 3. The number of aryl methyl sites for hydroxylation is 1. The molecule has 0 aliphatic heterocycles. The molecule has 1 aromatic rings. The molecule has 0 spiro atoms. The summed E-state index contributed by atoms with van der Waals surface area (Å²) < 4.78 is 5.37. The van der Waals surface area contributed by atoms with Gasteiger partial charge in [-0.15, -0.1) is 12.3 Å². The summed E-state index contributed by atoms with van der Waals surface area (Å²) in [5, 5.41) is 0. The first kappa shape index (κ1) is 8.61. The lowest BCUT2D eigenvalue weighted by atomic mass is 10.3. The highest BCUT2D eigenvalue weighted by atomic mass is 16.5. The van der Waals surface area contributed by atoms with E-state index in [4.69, 9.17) is 11.2 Å². The number of ether oxygens (including phenoxy) is 1. The second-order valence-corrected chi connectivity index (χ2v) is 2.39. The van der Waals surface area contributed by atoms with E-state index in [-0.39, 0.29) is 0 Å². The molecule has 0 aromatic carbocycles. The molecule has 0 unspecified atom stereocenters. The fourth-order valence-corrected chi connectivity index (χ4v) is 0.842. The normalized spacial score (nSPS) is 9.00. The van der Waals surface area contributed by atoms with Gasteiger partial charge in [0, 0.05) is 12.6 Å². The zero-order chi connectivity index (χ0) is 8.81. The second-order valence-electron chi connectivity index (χ2n) is 2.39. The fourth-order valence-electron chi connectivity index (χ4n) is 0.842. The molecule has 0 bridgehead atoms. The van der Waals surface area contributed by atoms with Crippen molar-refractivity contribution in [3.63, 3.8) is 0 Å². The van der Waals surface area contributed by atoms with E-state index < -0.39 is 0 Å². The number of nitrogens with zero attached hydrogens (tertiary/aromatic N) is 1. The van der Waals surface area contributed by atoms with Crippen molar-refractivity contribution < 1.29 is 4.74 Å². The minimum absolute atomic E-state index is 0.559. The number of hydrogen-bond acceptors (Lipinski definition) is 2. The summed E-state index contributed by atoms with van der Waals surface area (Å²) in [6.45, 7) is 2.47. The predicted molar refractivity (Wildman–Crippen MR) is 47.9 cm³/mol. The van der Waals surface area contributed by atoms with Crippen LogP contribution in [-0.2, 0) is 0 Å². The first-order valence-corrected chi connectivity index (χ1v) is 3.82. The molecule has 0 saturated heterocycles. The maximum Gasteiger partial charge on any atom is 0.140 e. The van der Waals surface area contributed by atoms with Gasteiger partial charge < -0.3 is 4.74 Å². The molecule has 0 aliphatic carbocycles. The summed E-state index contributed by atoms with van der Waals surface area (Å²) in [6, 6.07) is 3.73. The summed E-state index contributed by atoms with van der Waals surface area (Å²) >= 11 is 0. The largest absolute Gasteiger partial charge is 0.491 e. The maximum atomic E-state index is 5.37. The Hall–Kier alpha value is -1.49. The standard InChI is InChI=1S/C10H11NO/c1-3-4-8-12-10-6-5-7-11-9(10)2/h1,5-7H,4,8H2,2H3. The van der Waals surface area contributed by atoms with Crippen molar-refractivity contribution in [2.75, 3.05) is 6.61 Å². The van der Waals surface area contributed by atoms with Crippen LogP contribution < -0.4 is 4.74 Å². The molecule has 12 heavy (non-hydrogen) atoms. The third kappa shape index (κ3) is 2.28. The molecule has 2 nitrogen and oxygen atoms in total. The van der Waals surface area contributed by atoms with E-state index in [1.165, 1.54) is 0 Å². The van der Waals surface area contributed by atoms with Crippen LogP contribution in [0.4, 0.5) is 0 Å². The average Bonchev–Trinajstić information content (AvgIpc) is 2.09. The molecule has 1 heterocycles. The van der Waals surface area contributed by atoms with Gasteiger partial charge in [0.25, 0.3) is 0 Å². The van der Waals surface area contributed by atoms with E-state index in [0.29, 0.717) is 13.0 Å². The van der Waals surface area contributed by atoms with Crippen molar-refractivity contribution in [2.24, 2.45) is 0 Å². The van der Waals surface area contributed by atoms with E-state index in [0.717, 1.165) is 11.4 Å². The highest BCUT2D eigenvalue weighted by Gasteiger charge is 1.96. The number of terminal acetylenes is 1. The average molecular weight is 161 g/mol. The van der Waals surface area contributed by atoms with Crippen molar-refractivity contribution in [1.82, 2.24) is 4.98 Å². The first-order chi connectivity index (χ1) is 5.84. The Morgan fingerprint density at radius 2 is 2.50 bits per heavy atom. The summed E-state index contributed by atoms with van der Waals surface area (Å²) in [5.74, 6) is 3.32. The number of hydrogen-bond donors (Lipinski definition) is 0. The molecule has 0 N–H and O–H groups in total. The van der Waals surface area contributed by atoms with Crippen molar-refractivity contribution in [3.05, 3.63) is 24.0 Å². The zero-order valence-electron chi connectivity index (χ0n) is 7.08. The highest BCUT2D eigenvalue weighted by molar-refractivity contribution is 5.25. The Labute approximate surface area is 72.6 Å². The lowest BCUT2D eigenvalue weighted by Gasteiger charge is -2.05. The van der Waals surface area contributed by atoms with Gasteiger partial charge in [-0.05, 0) is 19.1 Å². The molecule has 0 fully saturated rings. The molecule has 0 aliphatic rings. The van der Waals surface area contributed by atoms with Gasteiger partial charge in [0.05, 0.1) is 12.3 Å². The molecule has 0 saturated carbocycles. The Morgan fingerprint density at radius 3 is 3.17 bits per heavy atom. The Morgan fingerprint density at radius 1 is 1.67 bits per heavy atom. The third-order valence-electron chi connectivity index (χ3n) is 1.46. The third-order valence-corrected chi connectivity index (χ3v) is 1.46. The van der Waals surface area contributed by atoms with Gasteiger partial charge in [-0.2, -0.15) is 0 Å². The van der Waals surface area contributed by atoms with Crippen molar-refractivity contribution in [2.45, 2.75) is 13.3 Å². The van der Waals surface area contributed by atoms with Crippen LogP contribution in [-0.4, -0.2) is 11.6 Å². The summed E-state index contributed by atoms with van der Waals surface area (Å²) in [7, 11) is 0. The van der Waals surface area contributed by atoms with Crippen LogP contribution in [0.15, 0.2) is 18.3 Å². The molecule has 0 radical (unpaired) electrons. The molecule has 2 heteroatoms. The monoisotopic (exact) mass is 161 g/mol. The van der Waals surface area contributed by atoms with E-state index in [9.17, 15) is 0 Å². The first-order valence-electron chi connectivity index (χ1n) is 3.82. The van der Waals surface area contributed by atoms with E-state index in [2.05, 4.69) is 10.9 Å². The lowest BCUT2D eigenvalue weighted by molar-refractivity contribution is 0.323. The maximum absolute atomic E-state index is 5.37. The van der Waals surface area contributed by atoms with Crippen LogP contribution in [0.3, 0.4) is 0 Å². The predicted octanol–water partition coefficient (Wildman–Crippen LogP) is 1.79. The Kier molecular flexibility index (Phi) is 3.16. The smallest absolute Gasteiger partial charge is 0.140 e.